The molecule has 0 aliphatic carbocycles. The fourth-order valence-corrected chi connectivity index (χ4v) is 4.41. The van der Waals surface area contributed by atoms with E-state index >= 15 is 0 Å². The zero-order chi connectivity index (χ0) is 23.6. The summed E-state index contributed by atoms with van der Waals surface area (Å²) in [7, 11) is 4.50. The number of aromatic nitrogens is 1. The van der Waals surface area contributed by atoms with E-state index in [1.54, 1.807) is 35.9 Å². The molecular weight excluding hydrogens is 448 g/mol. The summed E-state index contributed by atoms with van der Waals surface area (Å²) in [5, 5.41) is 13.1. The van der Waals surface area contributed by atoms with Crippen LogP contribution in [0.25, 0.3) is 10.9 Å². The molecule has 1 aliphatic rings. The van der Waals surface area contributed by atoms with Crippen LogP contribution in [0.1, 0.15) is 16.1 Å². The van der Waals surface area contributed by atoms with E-state index in [9.17, 15) is 14.7 Å². The molecule has 0 fully saturated rings. The molecule has 1 aromatic heterocycles. The number of hydrogen-bond donors (Lipinski definition) is 3. The van der Waals surface area contributed by atoms with Crippen molar-refractivity contribution in [3.8, 4) is 17.2 Å². The Morgan fingerprint density at radius 1 is 1.12 bits per heavy atom. The van der Waals surface area contributed by atoms with Gasteiger partial charge >= 0.3 is 5.97 Å². The topological polar surface area (TPSA) is 123 Å². The first-order chi connectivity index (χ1) is 15.9. The number of fused-ring (bicyclic) bond motifs is 1. The lowest BCUT2D eigenvalue weighted by Crippen LogP contribution is -2.51. The molecule has 2 aromatic carbocycles. The van der Waals surface area contributed by atoms with Crippen molar-refractivity contribution in [2.45, 2.75) is 12.3 Å². The summed E-state index contributed by atoms with van der Waals surface area (Å²) in [6.07, 6.45) is 0. The maximum Gasteiger partial charge on any atom is 0.323 e. The van der Waals surface area contributed by atoms with Crippen LogP contribution in [-0.2, 0) is 17.1 Å². The van der Waals surface area contributed by atoms with E-state index in [4.69, 9.17) is 14.2 Å². The molecule has 0 bridgehead atoms. The van der Waals surface area contributed by atoms with Crippen molar-refractivity contribution in [3.05, 3.63) is 53.7 Å². The second kappa shape index (κ2) is 9.04. The fraction of sp³-hybridized carbons (Fsp3) is 0.227. The lowest BCUT2D eigenvalue weighted by Gasteiger charge is -2.30. The summed E-state index contributed by atoms with van der Waals surface area (Å²) < 4.78 is 21.0. The van der Waals surface area contributed by atoms with Gasteiger partial charge in [-0.1, -0.05) is 18.2 Å². The van der Waals surface area contributed by atoms with Gasteiger partial charge in [-0.05, 0) is 24.1 Å². The molecule has 0 spiro atoms. The monoisotopic (exact) mass is 470 g/mol. The minimum Gasteiger partial charge on any atom is -0.496 e. The zero-order valence-electron chi connectivity index (χ0n) is 18.1. The molecule has 10 nitrogen and oxygen atoms in total. The Morgan fingerprint density at radius 3 is 2.39 bits per heavy atom. The van der Waals surface area contributed by atoms with E-state index < -0.39 is 17.7 Å². The predicted octanol–water partition coefficient (Wildman–Crippen LogP) is 2.57. The summed E-state index contributed by atoms with van der Waals surface area (Å²) in [5.74, 6) is -1.76. The molecule has 3 N–H and O–H groups in total. The van der Waals surface area contributed by atoms with Crippen LogP contribution in [0.5, 0.6) is 17.2 Å². The summed E-state index contributed by atoms with van der Waals surface area (Å²) in [6, 6.07) is 12.2. The smallest absolute Gasteiger partial charge is 0.323 e. The first-order valence-corrected chi connectivity index (χ1v) is 10.7. The maximum atomic E-state index is 13.5. The van der Waals surface area contributed by atoms with E-state index in [0.29, 0.717) is 28.3 Å². The molecule has 1 unspecified atom stereocenters. The maximum absolute atomic E-state index is 13.5. The highest BCUT2D eigenvalue weighted by Gasteiger charge is 2.42. The van der Waals surface area contributed by atoms with Crippen LogP contribution in [0, 0.1) is 0 Å². The second-order valence-electron chi connectivity index (χ2n) is 7.09. The molecule has 0 saturated heterocycles. The number of benzene rings is 2. The Hall–Kier alpha value is -3.70. The number of ether oxygens (including phenoxy) is 3. The molecule has 172 valence electrons. The second-order valence-corrected chi connectivity index (χ2v) is 7.74. The first kappa shape index (κ1) is 22.5. The average molecular weight is 471 g/mol. The third-order valence-electron chi connectivity index (χ3n) is 5.21. The Bertz CT molecular complexity index is 1230. The third-order valence-corrected chi connectivity index (χ3v) is 5.84. The summed E-state index contributed by atoms with van der Waals surface area (Å²) in [4.78, 5) is 29.5. The number of aliphatic imine (C=N–C) groups is 1. The van der Waals surface area contributed by atoms with Crippen LogP contribution in [0.4, 0.5) is 0 Å². The number of para-hydroxylation sites is 1. The first-order valence-electron chi connectivity index (χ1n) is 9.82. The third kappa shape index (κ3) is 4.08. The van der Waals surface area contributed by atoms with Crippen LogP contribution in [-0.4, -0.2) is 48.4 Å². The number of carbonyl (C=O) groups excluding carboxylic acids is 1. The van der Waals surface area contributed by atoms with Crippen molar-refractivity contribution >= 4 is 40.3 Å². The molecule has 0 saturated carbocycles. The number of carboxylic acid groups (broad SMARTS) is 1. The normalized spacial score (nSPS) is 17.2. The number of amides is 1. The van der Waals surface area contributed by atoms with E-state index in [-0.39, 0.29) is 12.2 Å². The quantitative estimate of drug-likeness (QED) is 0.429. The zero-order valence-corrected chi connectivity index (χ0v) is 18.9. The van der Waals surface area contributed by atoms with Gasteiger partial charge in [-0.25, -0.2) is 9.71 Å². The van der Waals surface area contributed by atoms with Crippen molar-refractivity contribution in [2.24, 2.45) is 4.99 Å². The van der Waals surface area contributed by atoms with E-state index in [1.165, 1.54) is 37.8 Å². The van der Waals surface area contributed by atoms with Crippen LogP contribution < -0.4 is 24.2 Å². The number of methoxy groups -OCH3 is 3. The Labute approximate surface area is 193 Å². The average Bonchev–Trinajstić information content (AvgIpc) is 3.43. The minimum atomic E-state index is -1.44. The van der Waals surface area contributed by atoms with Crippen molar-refractivity contribution in [1.82, 2.24) is 14.6 Å². The Morgan fingerprint density at radius 2 is 1.82 bits per heavy atom. The SMILES string of the molecule is COc1cc(OC)c(C2(NC(=O)c3cc4ccccc4n3CC(=O)O)N=CSN2)c(OC)c1. The van der Waals surface area contributed by atoms with Gasteiger partial charge in [-0.2, -0.15) is 0 Å². The summed E-state index contributed by atoms with van der Waals surface area (Å²) in [6.45, 7) is -0.371. The lowest BCUT2D eigenvalue weighted by molar-refractivity contribution is -0.137. The number of hydrogen-bond acceptors (Lipinski definition) is 8. The molecule has 4 rings (SSSR count). The van der Waals surface area contributed by atoms with Gasteiger partial charge in [0.15, 0.2) is 0 Å². The van der Waals surface area contributed by atoms with Crippen LogP contribution in [0.2, 0.25) is 0 Å². The number of rotatable bonds is 8. The summed E-state index contributed by atoms with van der Waals surface area (Å²) in [5.41, 5.74) is 2.80. The number of aliphatic carboxylic acids is 1. The standard InChI is InChI=1S/C22H22N4O6S/c1-30-14-9-17(31-2)20(18(10-14)32-3)22(23-12-33-25-22)24-21(29)16-8-13-6-4-5-7-15(13)26(16)11-19(27)28/h4-10,12,25H,11H2,1-3H3,(H,24,29)(H,27,28). The molecule has 0 radical (unpaired) electrons. The van der Waals surface area contributed by atoms with Gasteiger partial charge in [0.1, 0.15) is 35.1 Å². The van der Waals surface area contributed by atoms with E-state index in [0.717, 1.165) is 5.39 Å². The van der Waals surface area contributed by atoms with Gasteiger partial charge < -0.3 is 29.2 Å². The highest BCUT2D eigenvalue weighted by atomic mass is 32.2. The number of carboxylic acids is 1. The minimum absolute atomic E-state index is 0.179. The van der Waals surface area contributed by atoms with Gasteiger partial charge in [-0.3, -0.25) is 9.59 Å². The Kier molecular flexibility index (Phi) is 6.16. The Balaban J connectivity index is 1.82. The largest absolute Gasteiger partial charge is 0.496 e. The van der Waals surface area contributed by atoms with Crippen LogP contribution in [0.15, 0.2) is 47.5 Å². The molecular formula is C22H22N4O6S. The molecule has 1 amide bonds. The van der Waals surface area contributed by atoms with Gasteiger partial charge in [0.05, 0.1) is 26.9 Å². The van der Waals surface area contributed by atoms with Gasteiger partial charge in [0, 0.05) is 23.0 Å². The number of nitrogens with one attached hydrogen (secondary N) is 2. The van der Waals surface area contributed by atoms with Gasteiger partial charge in [-0.15, -0.1) is 0 Å². The van der Waals surface area contributed by atoms with Crippen LogP contribution in [0.3, 0.4) is 0 Å². The summed E-state index contributed by atoms with van der Waals surface area (Å²) >= 11 is 1.18. The van der Waals surface area contributed by atoms with Crippen molar-refractivity contribution < 1.29 is 28.9 Å². The fourth-order valence-electron chi connectivity index (χ4n) is 3.77. The number of carbonyl (C=O) groups is 2. The van der Waals surface area contributed by atoms with Crippen molar-refractivity contribution in [1.29, 1.82) is 0 Å². The predicted molar refractivity (Wildman–Crippen MR) is 124 cm³/mol. The van der Waals surface area contributed by atoms with Crippen molar-refractivity contribution in [3.63, 3.8) is 0 Å². The van der Waals surface area contributed by atoms with Crippen LogP contribution >= 0.6 is 11.9 Å². The molecule has 11 heteroatoms. The van der Waals surface area contributed by atoms with Crippen molar-refractivity contribution in [2.75, 3.05) is 21.3 Å². The number of nitrogens with zero attached hydrogens (tertiary/aromatic N) is 2. The lowest BCUT2D eigenvalue weighted by atomic mass is 10.0. The molecule has 33 heavy (non-hydrogen) atoms. The van der Waals surface area contributed by atoms with Gasteiger partial charge in [0.25, 0.3) is 5.91 Å². The molecule has 1 aliphatic heterocycles. The molecule has 3 aromatic rings. The van der Waals surface area contributed by atoms with E-state index in [1.807, 2.05) is 12.1 Å². The van der Waals surface area contributed by atoms with Gasteiger partial charge in [0.2, 0.25) is 5.79 Å². The molecule has 1 atom stereocenters. The highest BCUT2D eigenvalue weighted by molar-refractivity contribution is 8.10. The highest BCUT2D eigenvalue weighted by Crippen LogP contribution is 2.43. The van der Waals surface area contributed by atoms with E-state index in [2.05, 4.69) is 15.0 Å². The molecule has 2 heterocycles.